The number of hydrogen-bond donors (Lipinski definition) is 1. The van der Waals surface area contributed by atoms with E-state index in [1.165, 1.54) is 12.7 Å². The maximum Gasteiger partial charge on any atom is 0.258 e. The Hall–Kier alpha value is -1.87. The van der Waals surface area contributed by atoms with Crippen LogP contribution in [0.4, 0.5) is 0 Å². The van der Waals surface area contributed by atoms with E-state index in [-0.39, 0.29) is 4.90 Å². The highest BCUT2D eigenvalue weighted by Gasteiger charge is 2.47. The number of nitrogens with zero attached hydrogens (tertiary/aromatic N) is 1. The fourth-order valence-corrected chi connectivity index (χ4v) is 11.6. The number of fused-ring (bicyclic) bond motifs is 1. The van der Waals surface area contributed by atoms with Crippen LogP contribution in [0.1, 0.15) is 58.2 Å². The Kier molecular flexibility index (Phi) is 8.17. The van der Waals surface area contributed by atoms with Crippen molar-refractivity contribution in [3.05, 3.63) is 53.1 Å². The fourth-order valence-electron chi connectivity index (χ4n) is 5.66. The second-order valence-corrected chi connectivity index (χ2v) is 17.2. The van der Waals surface area contributed by atoms with E-state index in [1.54, 1.807) is 6.07 Å². The van der Waals surface area contributed by atoms with Crippen molar-refractivity contribution in [2.24, 2.45) is 5.14 Å². The largest absolute Gasteiger partial charge is 0.543 e. The van der Waals surface area contributed by atoms with Gasteiger partial charge in [0.05, 0.1) is 7.11 Å². The normalized spacial score (nSPS) is 15.1. The number of hydrogen-bond acceptors (Lipinski definition) is 5. The second-order valence-electron chi connectivity index (χ2n) is 10.3. The van der Waals surface area contributed by atoms with Crippen molar-refractivity contribution in [3.63, 3.8) is 0 Å². The average molecular weight is 505 g/mol. The minimum Gasteiger partial charge on any atom is -0.543 e. The van der Waals surface area contributed by atoms with Gasteiger partial charge in [-0.15, -0.1) is 0 Å². The van der Waals surface area contributed by atoms with Gasteiger partial charge >= 0.3 is 0 Å². The maximum absolute atomic E-state index is 11.9. The molecule has 0 spiro atoms. The van der Waals surface area contributed by atoms with E-state index < -0.39 is 18.3 Å². The summed E-state index contributed by atoms with van der Waals surface area (Å²) in [5.74, 6) is 1.27. The summed E-state index contributed by atoms with van der Waals surface area (Å²) in [6.07, 6.45) is 0.766. The lowest BCUT2D eigenvalue weighted by Gasteiger charge is -2.42. The molecule has 3 rings (SSSR count). The van der Waals surface area contributed by atoms with Crippen LogP contribution in [0.5, 0.6) is 11.5 Å². The van der Waals surface area contributed by atoms with Crippen LogP contribution in [0.2, 0.25) is 16.6 Å². The van der Waals surface area contributed by atoms with Crippen LogP contribution in [0.25, 0.3) is 0 Å². The summed E-state index contributed by atoms with van der Waals surface area (Å²) in [7, 11) is -4.37. The fraction of sp³-hybridized carbons (Fsp3) is 0.538. The van der Waals surface area contributed by atoms with E-state index in [0.717, 1.165) is 42.9 Å². The zero-order chi connectivity index (χ0) is 25.3. The van der Waals surface area contributed by atoms with Gasteiger partial charge < -0.3 is 9.16 Å². The predicted octanol–water partition coefficient (Wildman–Crippen LogP) is 5.46. The SMILES string of the molecule is COc1cc2c(cc1S(N)(=O)=O)CCN(Cc1cccc(O[Si](C(C)C)(C(C)C)C(C)C)c1)C2. The molecule has 0 unspecified atom stereocenters. The highest BCUT2D eigenvalue weighted by molar-refractivity contribution is 7.89. The summed E-state index contributed by atoms with van der Waals surface area (Å²) in [4.78, 5) is 2.43. The number of sulfonamides is 1. The molecule has 0 saturated carbocycles. The van der Waals surface area contributed by atoms with Gasteiger partial charge in [0.25, 0.3) is 8.32 Å². The molecular formula is C26H40N2O4SSi. The number of primary sulfonamides is 1. The van der Waals surface area contributed by atoms with Gasteiger partial charge in [-0.3, -0.25) is 4.90 Å². The minimum absolute atomic E-state index is 0.0557. The summed E-state index contributed by atoms with van der Waals surface area (Å²) in [5, 5.41) is 5.38. The first kappa shape index (κ1) is 26.7. The van der Waals surface area contributed by atoms with E-state index in [4.69, 9.17) is 14.3 Å². The molecule has 0 atom stereocenters. The van der Waals surface area contributed by atoms with Crippen molar-refractivity contribution < 1.29 is 17.6 Å². The van der Waals surface area contributed by atoms with E-state index in [0.29, 0.717) is 22.4 Å². The molecule has 2 N–H and O–H groups in total. The minimum atomic E-state index is -3.83. The monoisotopic (exact) mass is 504 g/mol. The van der Waals surface area contributed by atoms with Gasteiger partial charge in [-0.1, -0.05) is 53.7 Å². The molecule has 0 amide bonds. The van der Waals surface area contributed by atoms with Crippen LogP contribution in [0.15, 0.2) is 41.3 Å². The van der Waals surface area contributed by atoms with Gasteiger partial charge in [0.1, 0.15) is 16.4 Å². The van der Waals surface area contributed by atoms with Gasteiger partial charge in [-0.05, 0) is 64.0 Å². The van der Waals surface area contributed by atoms with Crippen molar-refractivity contribution in [2.75, 3.05) is 13.7 Å². The summed E-state index contributed by atoms with van der Waals surface area (Å²) in [6, 6.07) is 12.0. The van der Waals surface area contributed by atoms with Crippen molar-refractivity contribution in [3.8, 4) is 11.5 Å². The Morgan fingerprint density at radius 1 is 1.00 bits per heavy atom. The third-order valence-corrected chi connectivity index (χ3v) is 14.1. The van der Waals surface area contributed by atoms with E-state index in [2.05, 4.69) is 70.7 Å². The van der Waals surface area contributed by atoms with Gasteiger partial charge in [0.2, 0.25) is 10.0 Å². The van der Waals surface area contributed by atoms with Crippen LogP contribution in [0, 0.1) is 0 Å². The van der Waals surface area contributed by atoms with Crippen molar-refractivity contribution in [1.82, 2.24) is 4.90 Å². The Morgan fingerprint density at radius 2 is 1.65 bits per heavy atom. The molecule has 8 heteroatoms. The molecule has 1 aliphatic rings. The lowest BCUT2D eigenvalue weighted by atomic mass is 9.99. The third-order valence-electron chi connectivity index (χ3n) is 7.19. The molecule has 0 bridgehead atoms. The number of nitrogens with two attached hydrogens (primary N) is 1. The zero-order valence-electron chi connectivity index (χ0n) is 21.6. The van der Waals surface area contributed by atoms with Crippen LogP contribution >= 0.6 is 0 Å². The smallest absolute Gasteiger partial charge is 0.258 e. The van der Waals surface area contributed by atoms with Crippen molar-refractivity contribution >= 4 is 18.3 Å². The first-order valence-corrected chi connectivity index (χ1v) is 15.8. The Labute approximate surface area is 206 Å². The summed E-state index contributed by atoms with van der Waals surface area (Å²) in [5.41, 5.74) is 4.87. The maximum atomic E-state index is 11.9. The molecule has 1 aliphatic heterocycles. The van der Waals surface area contributed by atoms with E-state index >= 15 is 0 Å². The summed E-state index contributed by atoms with van der Waals surface area (Å²) < 4.78 is 36.1. The Balaban J connectivity index is 1.80. The number of rotatable bonds is 9. The molecule has 0 radical (unpaired) electrons. The molecule has 0 saturated heterocycles. The van der Waals surface area contributed by atoms with Crippen molar-refractivity contribution in [1.29, 1.82) is 0 Å². The Morgan fingerprint density at radius 3 is 2.21 bits per heavy atom. The Bertz CT molecular complexity index is 1090. The molecule has 6 nitrogen and oxygen atoms in total. The number of benzene rings is 2. The van der Waals surface area contributed by atoms with Crippen LogP contribution in [-0.4, -0.2) is 35.3 Å². The lowest BCUT2D eigenvalue weighted by Crippen LogP contribution is -2.50. The van der Waals surface area contributed by atoms with Gasteiger partial charge in [0.15, 0.2) is 0 Å². The van der Waals surface area contributed by atoms with Crippen LogP contribution < -0.4 is 14.3 Å². The second kappa shape index (κ2) is 10.4. The molecule has 0 aliphatic carbocycles. The first-order chi connectivity index (χ1) is 15.9. The molecule has 0 fully saturated rings. The number of methoxy groups -OCH3 is 1. The average Bonchev–Trinajstić information content (AvgIpc) is 2.75. The molecule has 188 valence electrons. The molecule has 2 aromatic rings. The van der Waals surface area contributed by atoms with Crippen molar-refractivity contribution in [2.45, 2.75) is 82.6 Å². The quantitative estimate of drug-likeness (QED) is 0.459. The predicted molar refractivity (Wildman–Crippen MR) is 140 cm³/mol. The zero-order valence-corrected chi connectivity index (χ0v) is 23.4. The van der Waals surface area contributed by atoms with Gasteiger partial charge in [0, 0.05) is 19.6 Å². The highest BCUT2D eigenvalue weighted by Crippen LogP contribution is 2.43. The van der Waals surface area contributed by atoms with E-state index in [9.17, 15) is 8.42 Å². The topological polar surface area (TPSA) is 81.9 Å². The third kappa shape index (κ3) is 5.51. The molecule has 0 aromatic heterocycles. The number of ether oxygens (including phenoxy) is 1. The molecule has 1 heterocycles. The standard InChI is InChI=1S/C26H40N2O4SSi/c1-18(2)34(19(3)4,20(5)6)32-24-10-8-9-21(13-24)16-28-12-11-22-15-26(33(27,29)30)25(31-7)14-23(22)17-28/h8-10,13-15,18-20H,11-12,16-17H2,1-7H3,(H2,27,29,30). The molecular weight excluding hydrogens is 464 g/mol. The molecule has 34 heavy (non-hydrogen) atoms. The van der Waals surface area contributed by atoms with Crippen LogP contribution in [0.3, 0.4) is 0 Å². The van der Waals surface area contributed by atoms with Crippen LogP contribution in [-0.2, 0) is 29.5 Å². The summed E-state index contributed by atoms with van der Waals surface area (Å²) in [6.45, 7) is 16.2. The summed E-state index contributed by atoms with van der Waals surface area (Å²) >= 11 is 0. The lowest BCUT2D eigenvalue weighted by molar-refractivity contribution is 0.244. The highest BCUT2D eigenvalue weighted by atomic mass is 32.2. The molecule has 2 aromatic carbocycles. The van der Waals surface area contributed by atoms with Gasteiger partial charge in [-0.25, -0.2) is 13.6 Å². The van der Waals surface area contributed by atoms with E-state index in [1.807, 2.05) is 6.07 Å². The first-order valence-electron chi connectivity index (χ1n) is 12.1. The van der Waals surface area contributed by atoms with Gasteiger partial charge in [-0.2, -0.15) is 0 Å².